The zero-order valence-corrected chi connectivity index (χ0v) is 36.3. The van der Waals surface area contributed by atoms with E-state index in [9.17, 15) is 0 Å². The Morgan fingerprint density at radius 1 is 0.317 bits per heavy atom. The van der Waals surface area contributed by atoms with Crippen LogP contribution >= 0.6 is 0 Å². The minimum atomic E-state index is -0.675. The molecule has 0 spiro atoms. The number of benzene rings is 8. The molecule has 6 nitrogen and oxygen atoms in total. The summed E-state index contributed by atoms with van der Waals surface area (Å²) in [7, 11) is 0. The van der Waals surface area contributed by atoms with Crippen molar-refractivity contribution in [3.63, 3.8) is 0 Å². The van der Waals surface area contributed by atoms with Crippen LogP contribution in [0.25, 0.3) is 11.1 Å². The molecule has 6 heteroatoms. The number of fused-ring (bicyclic) bond motifs is 3. The first-order valence-electron chi connectivity index (χ1n) is 22.0. The summed E-state index contributed by atoms with van der Waals surface area (Å²) in [6.45, 7) is 10.5. The topological polar surface area (TPSA) is 43.4 Å². The van der Waals surface area contributed by atoms with Crippen molar-refractivity contribution in [2.45, 2.75) is 33.1 Å². The number of ether oxygens (including phenoxy) is 4. The first-order chi connectivity index (χ1) is 31.0. The molecule has 63 heavy (non-hydrogen) atoms. The van der Waals surface area contributed by atoms with Crippen molar-refractivity contribution >= 4 is 34.1 Å². The van der Waals surface area contributed by atoms with Crippen LogP contribution in [0.5, 0.6) is 23.0 Å². The van der Waals surface area contributed by atoms with Gasteiger partial charge in [0.05, 0.1) is 31.8 Å². The van der Waals surface area contributed by atoms with E-state index in [4.69, 9.17) is 18.9 Å². The van der Waals surface area contributed by atoms with Gasteiger partial charge in [-0.05, 0) is 182 Å². The summed E-state index contributed by atoms with van der Waals surface area (Å²) in [5.74, 6) is 3.35. The highest BCUT2D eigenvalue weighted by Gasteiger charge is 2.47. The SMILES string of the molecule is CCOc1ccc(N(c2ccc(OCC)cc2)c2ccc3c(c2)C(c2ccccc2)(c2ccccc2)c2cc(N(c4ccc(OCC)cc4)c4ccc(OCC)cc4)ccc2-3)cc1. The first-order valence-corrected chi connectivity index (χ1v) is 22.0. The molecule has 0 N–H and O–H groups in total. The minimum absolute atomic E-state index is 0.605. The van der Waals surface area contributed by atoms with Gasteiger partial charge in [0, 0.05) is 34.1 Å². The predicted molar refractivity (Wildman–Crippen MR) is 258 cm³/mol. The lowest BCUT2D eigenvalue weighted by molar-refractivity contribution is 0.340. The Hall–Kier alpha value is -7.44. The summed E-state index contributed by atoms with van der Waals surface area (Å²) in [4.78, 5) is 4.64. The van der Waals surface area contributed by atoms with Crippen molar-refractivity contribution in [3.8, 4) is 34.1 Å². The van der Waals surface area contributed by atoms with E-state index in [0.29, 0.717) is 26.4 Å². The Morgan fingerprint density at radius 3 is 0.857 bits per heavy atom. The van der Waals surface area contributed by atoms with Crippen LogP contribution in [0.2, 0.25) is 0 Å². The highest BCUT2D eigenvalue weighted by Crippen LogP contribution is 2.58. The molecular formula is C57H52N2O4. The molecule has 0 amide bonds. The molecule has 0 fully saturated rings. The van der Waals surface area contributed by atoms with E-state index in [1.165, 1.54) is 33.4 Å². The van der Waals surface area contributed by atoms with Gasteiger partial charge in [-0.3, -0.25) is 0 Å². The molecule has 0 aromatic heterocycles. The van der Waals surface area contributed by atoms with Crippen LogP contribution in [0.3, 0.4) is 0 Å². The molecule has 1 aliphatic carbocycles. The summed E-state index contributed by atoms with van der Waals surface area (Å²) in [5.41, 5.74) is 12.7. The molecule has 0 bridgehead atoms. The highest BCUT2D eigenvalue weighted by molar-refractivity contribution is 5.92. The van der Waals surface area contributed by atoms with Crippen molar-refractivity contribution < 1.29 is 18.9 Å². The van der Waals surface area contributed by atoms with Gasteiger partial charge in [0.2, 0.25) is 0 Å². The second-order valence-electron chi connectivity index (χ2n) is 15.3. The largest absolute Gasteiger partial charge is 0.494 e. The summed E-state index contributed by atoms with van der Waals surface area (Å²) in [5, 5.41) is 0. The van der Waals surface area contributed by atoms with Crippen molar-refractivity contribution in [2.75, 3.05) is 36.2 Å². The Morgan fingerprint density at radius 2 is 0.587 bits per heavy atom. The van der Waals surface area contributed by atoms with Crippen LogP contribution < -0.4 is 28.7 Å². The fraction of sp³-hybridized carbons (Fsp3) is 0.158. The Bertz CT molecular complexity index is 2460. The zero-order chi connectivity index (χ0) is 43.2. The van der Waals surface area contributed by atoms with E-state index in [1.807, 2.05) is 76.2 Å². The molecule has 1 aliphatic rings. The third-order valence-electron chi connectivity index (χ3n) is 11.7. The fourth-order valence-corrected chi connectivity index (χ4v) is 9.07. The first kappa shape index (κ1) is 40.9. The van der Waals surface area contributed by atoms with E-state index in [-0.39, 0.29) is 0 Å². The highest BCUT2D eigenvalue weighted by atomic mass is 16.5. The molecule has 0 aliphatic heterocycles. The van der Waals surface area contributed by atoms with Crippen LogP contribution in [0.1, 0.15) is 49.9 Å². The van der Waals surface area contributed by atoms with E-state index in [0.717, 1.165) is 57.1 Å². The van der Waals surface area contributed by atoms with Crippen LogP contribution in [0.4, 0.5) is 34.1 Å². The van der Waals surface area contributed by atoms with Crippen molar-refractivity contribution in [3.05, 3.63) is 216 Å². The van der Waals surface area contributed by atoms with Gasteiger partial charge >= 0.3 is 0 Å². The van der Waals surface area contributed by atoms with Crippen molar-refractivity contribution in [2.24, 2.45) is 0 Å². The maximum atomic E-state index is 5.88. The smallest absolute Gasteiger partial charge is 0.119 e. The van der Waals surface area contributed by atoms with Gasteiger partial charge < -0.3 is 28.7 Å². The average molecular weight is 829 g/mol. The van der Waals surface area contributed by atoms with Gasteiger partial charge in [-0.2, -0.15) is 0 Å². The molecule has 0 atom stereocenters. The maximum Gasteiger partial charge on any atom is 0.119 e. The lowest BCUT2D eigenvalue weighted by Crippen LogP contribution is -2.29. The van der Waals surface area contributed by atoms with Gasteiger partial charge in [-0.1, -0.05) is 72.8 Å². The predicted octanol–water partition coefficient (Wildman–Crippen LogP) is 14.6. The quantitative estimate of drug-likeness (QED) is 0.0967. The van der Waals surface area contributed by atoms with E-state index in [2.05, 4.69) is 155 Å². The molecule has 8 aromatic carbocycles. The maximum absolute atomic E-state index is 5.88. The summed E-state index contributed by atoms with van der Waals surface area (Å²) in [6, 6.07) is 69.3. The van der Waals surface area contributed by atoms with Crippen molar-refractivity contribution in [1.82, 2.24) is 0 Å². The van der Waals surface area contributed by atoms with Crippen LogP contribution in [-0.2, 0) is 5.41 Å². The number of anilines is 6. The zero-order valence-electron chi connectivity index (χ0n) is 36.3. The minimum Gasteiger partial charge on any atom is -0.494 e. The molecule has 8 aromatic rings. The standard InChI is InChI=1S/C57H52N2O4/c1-5-60-49-29-19-43(20-30-49)58(44-21-31-50(32-22-44)61-6-2)47-27-37-53-54-38-28-48(59(45-23-33-51(34-24-45)62-7-3)46-25-35-52(36-26-46)63-8-4)40-56(54)57(55(53)39-47,41-15-11-9-12-16-41)42-17-13-10-14-18-42/h9-40H,5-8H2,1-4H3. The van der Waals surface area contributed by atoms with Crippen molar-refractivity contribution in [1.29, 1.82) is 0 Å². The lowest BCUT2D eigenvalue weighted by atomic mass is 9.67. The number of hydrogen-bond acceptors (Lipinski definition) is 6. The van der Waals surface area contributed by atoms with Gasteiger partial charge in [0.15, 0.2) is 0 Å². The second-order valence-corrected chi connectivity index (χ2v) is 15.3. The van der Waals surface area contributed by atoms with Crippen LogP contribution in [0, 0.1) is 0 Å². The fourth-order valence-electron chi connectivity index (χ4n) is 9.07. The van der Waals surface area contributed by atoms with Crippen LogP contribution in [-0.4, -0.2) is 26.4 Å². The van der Waals surface area contributed by atoms with Gasteiger partial charge in [0.25, 0.3) is 0 Å². The monoisotopic (exact) mass is 828 g/mol. The van der Waals surface area contributed by atoms with Gasteiger partial charge in [-0.25, -0.2) is 0 Å². The molecule has 9 rings (SSSR count). The van der Waals surface area contributed by atoms with Crippen LogP contribution in [0.15, 0.2) is 194 Å². The van der Waals surface area contributed by atoms with E-state index in [1.54, 1.807) is 0 Å². The number of hydrogen-bond donors (Lipinski definition) is 0. The van der Waals surface area contributed by atoms with E-state index < -0.39 is 5.41 Å². The van der Waals surface area contributed by atoms with E-state index >= 15 is 0 Å². The Labute approximate surface area is 371 Å². The molecule has 0 heterocycles. The molecule has 314 valence electrons. The molecule has 0 unspecified atom stereocenters. The number of nitrogens with zero attached hydrogens (tertiary/aromatic N) is 2. The summed E-state index contributed by atoms with van der Waals surface area (Å²) in [6.07, 6.45) is 0. The molecule has 0 saturated carbocycles. The molecule has 0 radical (unpaired) electrons. The van der Waals surface area contributed by atoms with Gasteiger partial charge in [0.1, 0.15) is 23.0 Å². The normalized spacial score (nSPS) is 12.2. The summed E-state index contributed by atoms with van der Waals surface area (Å²) < 4.78 is 23.5. The third-order valence-corrected chi connectivity index (χ3v) is 11.7. The molecular weight excluding hydrogens is 777 g/mol. The molecule has 0 saturated heterocycles. The summed E-state index contributed by atoms with van der Waals surface area (Å²) >= 11 is 0. The lowest BCUT2D eigenvalue weighted by Gasteiger charge is -2.35. The average Bonchev–Trinajstić information content (AvgIpc) is 3.62. The Kier molecular flexibility index (Phi) is 11.9. The number of rotatable bonds is 16. The third kappa shape index (κ3) is 7.85. The Balaban J connectivity index is 1.27. The second kappa shape index (κ2) is 18.3. The van der Waals surface area contributed by atoms with Gasteiger partial charge in [-0.15, -0.1) is 0 Å².